The number of carbonyl (C=O) groups is 4. The molecule has 1 saturated heterocycles. The van der Waals surface area contributed by atoms with Crippen LogP contribution in [0.1, 0.15) is 25.7 Å². The predicted molar refractivity (Wildman–Crippen MR) is 110 cm³/mol. The van der Waals surface area contributed by atoms with Crippen molar-refractivity contribution in [1.29, 1.82) is 0 Å². The molecule has 33 heavy (non-hydrogen) atoms. The van der Waals surface area contributed by atoms with Crippen molar-refractivity contribution in [2.45, 2.75) is 68.5 Å². The summed E-state index contributed by atoms with van der Waals surface area (Å²) in [6.07, 6.45) is -9.77. The van der Waals surface area contributed by atoms with Gasteiger partial charge in [-0.05, 0) is 19.3 Å². The van der Waals surface area contributed by atoms with E-state index in [1.54, 1.807) is 0 Å². The van der Waals surface area contributed by atoms with Crippen LogP contribution >= 0.6 is 0 Å². The fourth-order valence-electron chi connectivity index (χ4n) is 2.84. The van der Waals surface area contributed by atoms with Gasteiger partial charge in [-0.15, -0.1) is 0 Å². The Bertz CT molecular complexity index is 746. The van der Waals surface area contributed by atoms with Crippen LogP contribution in [0.4, 0.5) is 0 Å². The van der Waals surface area contributed by atoms with E-state index in [-0.39, 0.29) is 31.8 Å². The highest BCUT2D eigenvalue weighted by Crippen LogP contribution is 2.20. The van der Waals surface area contributed by atoms with Crippen LogP contribution in [-0.2, 0) is 23.9 Å². The molecule has 188 valence electrons. The summed E-state index contributed by atoms with van der Waals surface area (Å²) in [6, 6.07) is -2.48. The van der Waals surface area contributed by atoms with Crippen molar-refractivity contribution in [3.8, 4) is 0 Å². The van der Waals surface area contributed by atoms with Crippen LogP contribution in [0, 0.1) is 0 Å². The summed E-state index contributed by atoms with van der Waals surface area (Å²) >= 11 is 0. The third-order valence-corrected chi connectivity index (χ3v) is 4.71. The number of guanidine groups is 1. The third-order valence-electron chi connectivity index (χ3n) is 4.71. The van der Waals surface area contributed by atoms with E-state index in [1.807, 2.05) is 5.32 Å². The molecule has 4 amide bonds. The molecule has 16 nitrogen and oxygen atoms in total. The number of amides is 4. The molecule has 14 N–H and O–H groups in total. The third kappa shape index (κ3) is 8.87. The highest BCUT2D eigenvalue weighted by atomic mass is 16.6. The lowest BCUT2D eigenvalue weighted by molar-refractivity contribution is -0.275. The monoisotopic (exact) mass is 477 g/mol. The second-order valence-corrected chi connectivity index (χ2v) is 7.39. The summed E-state index contributed by atoms with van der Waals surface area (Å²) in [5, 5.41) is 42.7. The number of hydrogen-bond acceptors (Lipinski definition) is 11. The maximum Gasteiger partial charge on any atom is 0.258 e. The van der Waals surface area contributed by atoms with E-state index in [2.05, 4.69) is 10.3 Å². The van der Waals surface area contributed by atoms with E-state index < -0.39 is 66.4 Å². The number of primary amides is 1. The number of nitrogens with zero attached hydrogens (tertiary/aromatic N) is 1. The van der Waals surface area contributed by atoms with Gasteiger partial charge in [0.05, 0.1) is 6.04 Å². The minimum atomic E-state index is -2.00. The number of rotatable bonds is 11. The molecule has 16 heteroatoms. The van der Waals surface area contributed by atoms with Gasteiger partial charge in [-0.3, -0.25) is 29.5 Å². The van der Waals surface area contributed by atoms with Crippen molar-refractivity contribution in [2.75, 3.05) is 6.54 Å². The number of aliphatic imine (C=N–C) groups is 1. The first-order valence-electron chi connectivity index (χ1n) is 9.97. The zero-order chi connectivity index (χ0) is 25.3. The lowest BCUT2D eigenvalue weighted by atomic mass is 9.98. The summed E-state index contributed by atoms with van der Waals surface area (Å²) in [7, 11) is 0. The molecular formula is C17H31N7O9. The molecule has 5 unspecified atom stereocenters. The van der Waals surface area contributed by atoms with E-state index in [0.717, 1.165) is 0 Å². The van der Waals surface area contributed by atoms with Crippen LogP contribution in [0.2, 0.25) is 0 Å². The topological polar surface area (TPSA) is 299 Å². The Morgan fingerprint density at radius 2 is 1.58 bits per heavy atom. The highest BCUT2D eigenvalue weighted by Gasteiger charge is 2.46. The maximum atomic E-state index is 12.5. The Morgan fingerprint density at radius 1 is 0.939 bits per heavy atom. The van der Waals surface area contributed by atoms with Crippen LogP contribution in [-0.4, -0.2) is 99.3 Å². The number of hydrogen-bond donors (Lipinski definition) is 10. The van der Waals surface area contributed by atoms with Crippen molar-refractivity contribution >= 4 is 29.6 Å². The zero-order valence-electron chi connectivity index (χ0n) is 17.7. The van der Waals surface area contributed by atoms with Gasteiger partial charge < -0.3 is 53.4 Å². The molecule has 0 aliphatic carbocycles. The van der Waals surface area contributed by atoms with Gasteiger partial charge >= 0.3 is 0 Å². The van der Waals surface area contributed by atoms with Gasteiger partial charge in [0.2, 0.25) is 17.7 Å². The Labute approximate surface area is 188 Å². The van der Waals surface area contributed by atoms with Gasteiger partial charge in [0.25, 0.3) is 5.91 Å². The second kappa shape index (κ2) is 13.0. The lowest BCUT2D eigenvalue weighted by Gasteiger charge is -2.37. The maximum absolute atomic E-state index is 12.5. The summed E-state index contributed by atoms with van der Waals surface area (Å²) < 4.78 is 4.73. The Kier molecular flexibility index (Phi) is 11.1. The van der Waals surface area contributed by atoms with Crippen LogP contribution in [0.3, 0.4) is 0 Å². The Balaban J connectivity index is 2.77. The molecule has 7 atom stereocenters. The van der Waals surface area contributed by atoms with E-state index in [4.69, 9.17) is 27.7 Å². The molecule has 0 aromatic carbocycles. The molecule has 1 rings (SSSR count). The molecular weight excluding hydrogens is 446 g/mol. The molecule has 1 heterocycles. The molecule has 0 saturated carbocycles. The van der Waals surface area contributed by atoms with Gasteiger partial charge in [-0.2, -0.15) is 0 Å². The second-order valence-electron chi connectivity index (χ2n) is 7.39. The smallest absolute Gasteiger partial charge is 0.258 e. The summed E-state index contributed by atoms with van der Waals surface area (Å²) in [5.74, 6) is -4.02. The molecule has 1 aliphatic rings. The van der Waals surface area contributed by atoms with Crippen molar-refractivity contribution in [3.05, 3.63) is 0 Å². The quantitative estimate of drug-likeness (QED) is 0.0754. The highest BCUT2D eigenvalue weighted by molar-refractivity contribution is 6.01. The molecule has 0 aromatic heterocycles. The van der Waals surface area contributed by atoms with Crippen molar-refractivity contribution in [1.82, 2.24) is 10.6 Å². The van der Waals surface area contributed by atoms with Gasteiger partial charge in [0.1, 0.15) is 24.4 Å². The van der Waals surface area contributed by atoms with Crippen molar-refractivity contribution < 1.29 is 44.3 Å². The Hall–Kier alpha value is -2.89. The number of aliphatic hydroxyl groups excluding tert-OH is 4. The van der Waals surface area contributed by atoms with E-state index in [1.165, 1.54) is 0 Å². The fraction of sp³-hybridized carbons (Fsp3) is 0.706. The first-order valence-corrected chi connectivity index (χ1v) is 9.97. The first-order chi connectivity index (χ1) is 15.3. The largest absolute Gasteiger partial charge is 0.387 e. The summed E-state index contributed by atoms with van der Waals surface area (Å²) in [5.41, 5.74) is 21.2. The van der Waals surface area contributed by atoms with Gasteiger partial charge in [-0.1, -0.05) is 0 Å². The zero-order valence-corrected chi connectivity index (χ0v) is 17.7. The number of carbonyl (C=O) groups excluding carboxylic acids is 4. The normalized spacial score (nSPS) is 26.5. The SMILES string of the molecule is NC(=O)CCC(NC(=O)C(N)CCCN=C(N)N)C(=O)NC(=O)C1OC(O)C(O)[C@H](O)[C@@H]1O. The standard InChI is InChI=1S/C17H31N7O9/c18-6(2-1-5-22-17(20)21)13(29)23-7(3-4-8(19)25)14(30)24-15(31)12-10(27)9(26)11(28)16(32)33-12/h6-7,9-12,16,26-28,32H,1-5,18H2,(H2,19,25)(H,23,29)(H4,20,21,22)(H,24,30,31)/t6?,7?,9-,10+,11?,12?,16?/m1/s1. The minimum Gasteiger partial charge on any atom is -0.387 e. The Morgan fingerprint density at radius 3 is 2.15 bits per heavy atom. The van der Waals surface area contributed by atoms with Crippen molar-refractivity contribution in [3.63, 3.8) is 0 Å². The minimum absolute atomic E-state index is 0.123. The van der Waals surface area contributed by atoms with E-state index in [9.17, 15) is 39.6 Å². The molecule has 1 aliphatic heterocycles. The van der Waals surface area contributed by atoms with E-state index in [0.29, 0.717) is 6.42 Å². The van der Waals surface area contributed by atoms with Gasteiger partial charge in [0, 0.05) is 13.0 Å². The van der Waals surface area contributed by atoms with Crippen molar-refractivity contribution in [2.24, 2.45) is 27.9 Å². The average molecular weight is 477 g/mol. The molecule has 0 radical (unpaired) electrons. The fourth-order valence-corrected chi connectivity index (χ4v) is 2.84. The van der Waals surface area contributed by atoms with Gasteiger partial charge in [-0.25, -0.2) is 0 Å². The predicted octanol–water partition coefficient (Wildman–Crippen LogP) is -6.44. The van der Waals surface area contributed by atoms with Gasteiger partial charge in [0.15, 0.2) is 18.4 Å². The lowest BCUT2D eigenvalue weighted by Crippen LogP contribution is -2.63. The average Bonchev–Trinajstić information content (AvgIpc) is 2.74. The number of aliphatic hydroxyl groups is 4. The summed E-state index contributed by atoms with van der Waals surface area (Å²) in [4.78, 5) is 52.0. The van der Waals surface area contributed by atoms with Crippen LogP contribution < -0.4 is 33.6 Å². The molecule has 0 spiro atoms. The number of nitrogens with two attached hydrogens (primary N) is 4. The number of nitrogens with one attached hydrogen (secondary N) is 2. The molecule has 1 fully saturated rings. The summed E-state index contributed by atoms with van der Waals surface area (Å²) in [6.45, 7) is 0.222. The van der Waals surface area contributed by atoms with Crippen LogP contribution in [0.25, 0.3) is 0 Å². The van der Waals surface area contributed by atoms with E-state index >= 15 is 0 Å². The molecule has 0 bridgehead atoms. The number of imide groups is 1. The molecule has 0 aromatic rings. The first kappa shape index (κ1) is 28.1. The van der Waals surface area contributed by atoms with Crippen LogP contribution in [0.5, 0.6) is 0 Å². The van der Waals surface area contributed by atoms with Crippen LogP contribution in [0.15, 0.2) is 4.99 Å². The number of ether oxygens (including phenoxy) is 1.